The Morgan fingerprint density at radius 2 is 1.59 bits per heavy atom. The van der Waals surface area contributed by atoms with Gasteiger partial charge in [-0.25, -0.2) is 16.8 Å². The molecule has 1 aliphatic rings. The van der Waals surface area contributed by atoms with E-state index < -0.39 is 19.9 Å². The van der Waals surface area contributed by atoms with Crippen LogP contribution in [0.3, 0.4) is 0 Å². The first-order valence-electron chi connectivity index (χ1n) is 7.87. The lowest BCUT2D eigenvalue weighted by Crippen LogP contribution is -2.13. The summed E-state index contributed by atoms with van der Waals surface area (Å²) in [5, 5.41) is 3.71. The molecule has 3 aromatic carbocycles. The summed E-state index contributed by atoms with van der Waals surface area (Å²) in [6, 6.07) is 13.3. The van der Waals surface area contributed by atoms with E-state index >= 15 is 0 Å². The first-order valence-corrected chi connectivity index (χ1v) is 11.2. The Labute approximate surface area is 156 Å². The van der Waals surface area contributed by atoms with Crippen LogP contribution in [0.2, 0.25) is 0 Å². The van der Waals surface area contributed by atoms with Crippen molar-refractivity contribution >= 4 is 47.9 Å². The van der Waals surface area contributed by atoms with E-state index in [9.17, 15) is 21.6 Å². The molecule has 0 aliphatic carbocycles. The maximum absolute atomic E-state index is 12.9. The largest absolute Gasteiger partial charge is 0.321 e. The van der Waals surface area contributed by atoms with Gasteiger partial charge in [0.1, 0.15) is 0 Å². The number of nitrogens with one attached hydrogen (secondary N) is 2. The molecule has 0 saturated carbocycles. The second kappa shape index (κ2) is 5.80. The predicted octanol–water partition coefficient (Wildman–Crippen LogP) is 2.61. The van der Waals surface area contributed by atoms with Crippen LogP contribution in [0.25, 0.3) is 10.8 Å². The minimum absolute atomic E-state index is 0.0341. The number of benzene rings is 3. The van der Waals surface area contributed by atoms with Gasteiger partial charge < -0.3 is 5.32 Å². The van der Waals surface area contributed by atoms with Gasteiger partial charge in [0, 0.05) is 34.0 Å². The van der Waals surface area contributed by atoms with Gasteiger partial charge in [-0.3, -0.25) is 9.52 Å². The van der Waals surface area contributed by atoms with Gasteiger partial charge in [-0.1, -0.05) is 12.1 Å². The van der Waals surface area contributed by atoms with Gasteiger partial charge in [-0.05, 0) is 42.5 Å². The Hall–Kier alpha value is -2.91. The van der Waals surface area contributed by atoms with Crippen LogP contribution in [-0.4, -0.2) is 29.0 Å². The third-order valence-electron chi connectivity index (χ3n) is 4.32. The SMILES string of the molecule is CS(=O)(=O)c1ccc(NS(=O)(=O)c2ccc3c4c(cccc24)C(=O)N3)cc1. The first kappa shape index (κ1) is 17.5. The van der Waals surface area contributed by atoms with E-state index in [2.05, 4.69) is 10.0 Å². The second-order valence-electron chi connectivity index (χ2n) is 6.20. The Kier molecular flexibility index (Phi) is 3.76. The predicted molar refractivity (Wildman–Crippen MR) is 102 cm³/mol. The molecule has 1 heterocycles. The number of amides is 1. The summed E-state index contributed by atoms with van der Waals surface area (Å²) in [5.74, 6) is -0.269. The zero-order valence-corrected chi connectivity index (χ0v) is 15.7. The summed E-state index contributed by atoms with van der Waals surface area (Å²) in [7, 11) is -7.32. The molecule has 0 bridgehead atoms. The molecule has 0 aromatic heterocycles. The van der Waals surface area contributed by atoms with Crippen molar-refractivity contribution in [1.29, 1.82) is 0 Å². The van der Waals surface area contributed by atoms with Crippen LogP contribution in [0.5, 0.6) is 0 Å². The molecule has 1 aliphatic heterocycles. The standard InChI is InChI=1S/C18H14N2O5S2/c1-26(22,23)12-7-5-11(6-8-12)20-27(24,25)16-10-9-15-17-13(16)3-2-4-14(17)18(21)19-15/h2-10,20H,1H3,(H,19,21). The molecule has 1 amide bonds. The van der Waals surface area contributed by atoms with E-state index in [1.165, 1.54) is 30.3 Å². The fourth-order valence-corrected chi connectivity index (χ4v) is 4.97. The molecular weight excluding hydrogens is 388 g/mol. The van der Waals surface area contributed by atoms with Gasteiger partial charge in [-0.15, -0.1) is 0 Å². The Bertz CT molecular complexity index is 1310. The lowest BCUT2D eigenvalue weighted by molar-refractivity contribution is 0.103. The van der Waals surface area contributed by atoms with Crippen LogP contribution in [0.4, 0.5) is 11.4 Å². The van der Waals surface area contributed by atoms with Gasteiger partial charge in [0.05, 0.1) is 9.79 Å². The molecule has 0 saturated heterocycles. The van der Waals surface area contributed by atoms with Crippen molar-refractivity contribution in [3.8, 4) is 0 Å². The number of sulfonamides is 1. The zero-order valence-electron chi connectivity index (χ0n) is 14.1. The number of carbonyl (C=O) groups excluding carboxylic acids is 1. The Morgan fingerprint density at radius 3 is 2.26 bits per heavy atom. The highest BCUT2D eigenvalue weighted by Gasteiger charge is 2.26. The number of sulfone groups is 1. The maximum atomic E-state index is 12.9. The second-order valence-corrected chi connectivity index (χ2v) is 9.86. The average Bonchev–Trinajstić information content (AvgIpc) is 2.92. The van der Waals surface area contributed by atoms with Gasteiger partial charge in [0.25, 0.3) is 15.9 Å². The summed E-state index contributed by atoms with van der Waals surface area (Å²) in [6.07, 6.45) is 1.08. The van der Waals surface area contributed by atoms with Crippen LogP contribution in [0.15, 0.2) is 64.4 Å². The summed E-state index contributed by atoms with van der Waals surface area (Å²) in [4.78, 5) is 12.1. The normalized spacial score (nSPS) is 13.6. The van der Waals surface area contributed by atoms with E-state index in [4.69, 9.17) is 0 Å². The number of hydrogen-bond donors (Lipinski definition) is 2. The first-order chi connectivity index (χ1) is 12.7. The molecule has 0 atom stereocenters. The minimum atomic E-state index is -3.95. The topological polar surface area (TPSA) is 109 Å². The van der Waals surface area contributed by atoms with Gasteiger partial charge in [0.15, 0.2) is 9.84 Å². The highest BCUT2D eigenvalue weighted by molar-refractivity contribution is 7.93. The molecule has 2 N–H and O–H groups in total. The molecule has 3 aromatic rings. The van der Waals surface area contributed by atoms with Crippen molar-refractivity contribution in [3.63, 3.8) is 0 Å². The monoisotopic (exact) mass is 402 g/mol. The lowest BCUT2D eigenvalue weighted by atomic mass is 10.1. The van der Waals surface area contributed by atoms with Crippen LogP contribution < -0.4 is 10.0 Å². The van der Waals surface area contributed by atoms with E-state index in [1.807, 2.05) is 0 Å². The molecule has 0 fully saturated rings. The number of anilines is 2. The molecule has 138 valence electrons. The Morgan fingerprint density at radius 1 is 0.889 bits per heavy atom. The number of carbonyl (C=O) groups is 1. The molecule has 27 heavy (non-hydrogen) atoms. The van der Waals surface area contributed by atoms with Crippen molar-refractivity contribution in [2.75, 3.05) is 16.3 Å². The summed E-state index contributed by atoms with van der Waals surface area (Å²) >= 11 is 0. The van der Waals surface area contributed by atoms with Crippen molar-refractivity contribution in [3.05, 3.63) is 60.2 Å². The van der Waals surface area contributed by atoms with E-state index in [-0.39, 0.29) is 21.4 Å². The van der Waals surface area contributed by atoms with Crippen LogP contribution in [-0.2, 0) is 19.9 Å². The quantitative estimate of drug-likeness (QED) is 0.697. The van der Waals surface area contributed by atoms with Gasteiger partial charge in [0.2, 0.25) is 0 Å². The molecule has 7 nitrogen and oxygen atoms in total. The van der Waals surface area contributed by atoms with E-state index in [0.29, 0.717) is 22.0 Å². The fraction of sp³-hybridized carbons (Fsp3) is 0.0556. The lowest BCUT2D eigenvalue weighted by Gasteiger charge is -2.11. The molecule has 0 radical (unpaired) electrons. The van der Waals surface area contributed by atoms with E-state index in [1.54, 1.807) is 24.3 Å². The Balaban J connectivity index is 1.78. The fourth-order valence-electron chi connectivity index (χ4n) is 3.08. The summed E-state index contributed by atoms with van der Waals surface area (Å²) in [5.41, 5.74) is 1.24. The summed E-state index contributed by atoms with van der Waals surface area (Å²) in [6.45, 7) is 0. The maximum Gasteiger partial charge on any atom is 0.262 e. The van der Waals surface area contributed by atoms with Crippen molar-refractivity contribution in [1.82, 2.24) is 0 Å². The van der Waals surface area contributed by atoms with Crippen LogP contribution >= 0.6 is 0 Å². The van der Waals surface area contributed by atoms with Crippen LogP contribution in [0.1, 0.15) is 10.4 Å². The molecule has 4 rings (SSSR count). The van der Waals surface area contributed by atoms with Crippen molar-refractivity contribution in [2.24, 2.45) is 0 Å². The third-order valence-corrected chi connectivity index (χ3v) is 6.89. The van der Waals surface area contributed by atoms with Gasteiger partial charge in [-0.2, -0.15) is 0 Å². The van der Waals surface area contributed by atoms with E-state index in [0.717, 1.165) is 6.26 Å². The zero-order chi connectivity index (χ0) is 19.4. The van der Waals surface area contributed by atoms with Crippen molar-refractivity contribution < 1.29 is 21.6 Å². The van der Waals surface area contributed by atoms with Crippen LogP contribution in [0, 0.1) is 0 Å². The highest BCUT2D eigenvalue weighted by Crippen LogP contribution is 2.37. The number of rotatable bonds is 4. The highest BCUT2D eigenvalue weighted by atomic mass is 32.2. The molecule has 9 heteroatoms. The van der Waals surface area contributed by atoms with Crippen molar-refractivity contribution in [2.45, 2.75) is 9.79 Å². The molecule has 0 unspecified atom stereocenters. The molecule has 0 spiro atoms. The number of hydrogen-bond acceptors (Lipinski definition) is 5. The molecular formula is C18H14N2O5S2. The third kappa shape index (κ3) is 2.94. The summed E-state index contributed by atoms with van der Waals surface area (Å²) < 4.78 is 51.3. The average molecular weight is 402 g/mol. The van der Waals surface area contributed by atoms with Gasteiger partial charge >= 0.3 is 0 Å². The minimum Gasteiger partial charge on any atom is -0.321 e. The smallest absolute Gasteiger partial charge is 0.262 e.